The second-order valence-corrected chi connectivity index (χ2v) is 6.11. The van der Waals surface area contributed by atoms with E-state index in [1.807, 2.05) is 20.8 Å². The summed E-state index contributed by atoms with van der Waals surface area (Å²) in [4.78, 5) is 25.4. The summed E-state index contributed by atoms with van der Waals surface area (Å²) >= 11 is 0. The Morgan fingerprint density at radius 1 is 1.32 bits per heavy atom. The number of hydrogen-bond donors (Lipinski definition) is 1. The number of nitrogens with zero attached hydrogens (tertiary/aromatic N) is 1. The Kier molecular flexibility index (Phi) is 3.71. The summed E-state index contributed by atoms with van der Waals surface area (Å²) in [7, 11) is 1.38. The van der Waals surface area contributed by atoms with Crippen LogP contribution in [-0.2, 0) is 14.3 Å². The van der Waals surface area contributed by atoms with Gasteiger partial charge in [0.25, 0.3) is 0 Å². The summed E-state index contributed by atoms with van der Waals surface area (Å²) in [5.41, 5.74) is -0.497. The van der Waals surface area contributed by atoms with Crippen molar-refractivity contribution in [3.63, 3.8) is 0 Å². The first kappa shape index (κ1) is 14.1. The maximum Gasteiger partial charge on any atom is 0.410 e. The van der Waals surface area contributed by atoms with Gasteiger partial charge in [-0.05, 0) is 33.6 Å². The lowest BCUT2D eigenvalue weighted by Crippen LogP contribution is -2.41. The summed E-state index contributed by atoms with van der Waals surface area (Å²) in [5.74, 6) is -0.265. The molecule has 6 nitrogen and oxygen atoms in total. The summed E-state index contributed by atoms with van der Waals surface area (Å²) in [5, 5.41) is 3.23. The molecule has 0 saturated carbocycles. The zero-order valence-corrected chi connectivity index (χ0v) is 11.9. The summed E-state index contributed by atoms with van der Waals surface area (Å²) < 4.78 is 10.1. The molecule has 2 aliphatic rings. The van der Waals surface area contributed by atoms with Crippen LogP contribution in [0.25, 0.3) is 0 Å². The quantitative estimate of drug-likeness (QED) is 0.717. The fourth-order valence-corrected chi connectivity index (χ4v) is 2.76. The van der Waals surface area contributed by atoms with Crippen molar-refractivity contribution in [2.75, 3.05) is 13.7 Å². The molecule has 6 heteroatoms. The fourth-order valence-electron chi connectivity index (χ4n) is 2.76. The maximum atomic E-state index is 12.1. The number of hydrogen-bond acceptors (Lipinski definition) is 5. The van der Waals surface area contributed by atoms with E-state index in [1.54, 1.807) is 4.90 Å². The summed E-state index contributed by atoms with van der Waals surface area (Å²) in [6, 6.07) is -0.124. The van der Waals surface area contributed by atoms with Crippen molar-refractivity contribution in [1.82, 2.24) is 10.2 Å². The Balaban J connectivity index is 1.99. The zero-order valence-electron chi connectivity index (χ0n) is 11.9. The van der Waals surface area contributed by atoms with Crippen molar-refractivity contribution < 1.29 is 19.1 Å². The molecule has 0 spiro atoms. The molecule has 1 N–H and O–H groups in total. The molecule has 0 radical (unpaired) electrons. The summed E-state index contributed by atoms with van der Waals surface area (Å²) in [6.07, 6.45) is 1.14. The second-order valence-electron chi connectivity index (χ2n) is 6.11. The first-order chi connectivity index (χ1) is 8.81. The number of fused-ring (bicyclic) bond motifs is 1. The minimum absolute atomic E-state index is 0.0268. The van der Waals surface area contributed by atoms with E-state index in [9.17, 15) is 9.59 Å². The smallest absolute Gasteiger partial charge is 0.410 e. The van der Waals surface area contributed by atoms with Crippen LogP contribution in [0.3, 0.4) is 0 Å². The molecular weight excluding hydrogens is 248 g/mol. The van der Waals surface area contributed by atoms with Crippen LogP contribution in [-0.4, -0.2) is 54.3 Å². The highest BCUT2D eigenvalue weighted by Crippen LogP contribution is 2.29. The van der Waals surface area contributed by atoms with Gasteiger partial charge in [0.2, 0.25) is 0 Å². The number of methoxy groups -OCH3 is 1. The standard InChI is InChI=1S/C13H22N2O4/c1-13(2,3)19-12(17)15-6-5-8-10(15)7-9(14-8)11(16)18-4/h8-10,14H,5-7H2,1-4H3. The third-order valence-electron chi connectivity index (χ3n) is 3.55. The van der Waals surface area contributed by atoms with E-state index in [2.05, 4.69) is 5.32 Å². The Labute approximate surface area is 113 Å². The molecule has 0 aromatic carbocycles. The monoisotopic (exact) mass is 270 g/mol. The molecule has 2 rings (SSSR count). The van der Waals surface area contributed by atoms with E-state index in [0.29, 0.717) is 13.0 Å². The van der Waals surface area contributed by atoms with Crippen LogP contribution in [0.1, 0.15) is 33.6 Å². The van der Waals surface area contributed by atoms with Gasteiger partial charge >= 0.3 is 12.1 Å². The van der Waals surface area contributed by atoms with E-state index in [-0.39, 0.29) is 30.2 Å². The summed E-state index contributed by atoms with van der Waals surface area (Å²) in [6.45, 7) is 6.22. The van der Waals surface area contributed by atoms with Crippen molar-refractivity contribution in [2.45, 2.75) is 57.3 Å². The molecule has 0 bridgehead atoms. The van der Waals surface area contributed by atoms with E-state index in [0.717, 1.165) is 6.42 Å². The Morgan fingerprint density at radius 3 is 2.58 bits per heavy atom. The number of nitrogens with one attached hydrogen (secondary N) is 1. The first-order valence-corrected chi connectivity index (χ1v) is 6.65. The molecule has 0 aliphatic carbocycles. The van der Waals surface area contributed by atoms with Gasteiger partial charge in [0.1, 0.15) is 11.6 Å². The molecule has 108 valence electrons. The van der Waals surface area contributed by atoms with Gasteiger partial charge in [-0.3, -0.25) is 10.1 Å². The molecule has 0 aromatic heterocycles. The van der Waals surface area contributed by atoms with Crippen LogP contribution >= 0.6 is 0 Å². The largest absolute Gasteiger partial charge is 0.468 e. The number of esters is 1. The lowest BCUT2D eigenvalue weighted by Gasteiger charge is -2.28. The van der Waals surface area contributed by atoms with Crippen molar-refractivity contribution in [1.29, 1.82) is 0 Å². The van der Waals surface area contributed by atoms with Crippen LogP contribution in [0, 0.1) is 0 Å². The lowest BCUT2D eigenvalue weighted by molar-refractivity contribution is -0.142. The minimum atomic E-state index is -0.497. The van der Waals surface area contributed by atoms with Gasteiger partial charge in [-0.25, -0.2) is 4.79 Å². The predicted molar refractivity (Wildman–Crippen MR) is 68.7 cm³/mol. The van der Waals surface area contributed by atoms with Crippen LogP contribution in [0.4, 0.5) is 4.79 Å². The van der Waals surface area contributed by atoms with E-state index < -0.39 is 5.60 Å². The van der Waals surface area contributed by atoms with Crippen LogP contribution in [0.2, 0.25) is 0 Å². The normalized spacial score (nSPS) is 30.1. The molecule has 2 saturated heterocycles. The Bertz CT molecular complexity index is 377. The average molecular weight is 270 g/mol. The van der Waals surface area contributed by atoms with E-state index in [1.165, 1.54) is 7.11 Å². The second kappa shape index (κ2) is 5.00. The van der Waals surface area contributed by atoms with Crippen LogP contribution in [0.15, 0.2) is 0 Å². The third kappa shape index (κ3) is 3.00. The first-order valence-electron chi connectivity index (χ1n) is 6.65. The number of rotatable bonds is 1. The fraction of sp³-hybridized carbons (Fsp3) is 0.846. The van der Waals surface area contributed by atoms with Gasteiger partial charge in [-0.2, -0.15) is 0 Å². The van der Waals surface area contributed by atoms with Crippen molar-refractivity contribution in [3.05, 3.63) is 0 Å². The number of carbonyl (C=O) groups excluding carboxylic acids is 2. The van der Waals surface area contributed by atoms with Gasteiger partial charge < -0.3 is 14.4 Å². The molecule has 2 aliphatic heterocycles. The molecule has 0 aromatic rings. The highest BCUT2D eigenvalue weighted by molar-refractivity contribution is 5.77. The molecule has 2 fully saturated rings. The number of amides is 1. The van der Waals surface area contributed by atoms with Gasteiger partial charge in [0.05, 0.1) is 13.2 Å². The van der Waals surface area contributed by atoms with Crippen LogP contribution in [0.5, 0.6) is 0 Å². The highest BCUT2D eigenvalue weighted by Gasteiger charge is 2.47. The lowest BCUT2D eigenvalue weighted by atomic mass is 10.1. The third-order valence-corrected chi connectivity index (χ3v) is 3.55. The topological polar surface area (TPSA) is 67.9 Å². The van der Waals surface area contributed by atoms with E-state index >= 15 is 0 Å². The van der Waals surface area contributed by atoms with Gasteiger partial charge in [0, 0.05) is 12.6 Å². The molecular formula is C13H22N2O4. The number of carbonyl (C=O) groups is 2. The maximum absolute atomic E-state index is 12.1. The van der Waals surface area contributed by atoms with Crippen molar-refractivity contribution in [3.8, 4) is 0 Å². The molecule has 2 heterocycles. The zero-order chi connectivity index (χ0) is 14.2. The number of likely N-dealkylation sites (tertiary alicyclic amines) is 1. The van der Waals surface area contributed by atoms with Crippen molar-refractivity contribution >= 4 is 12.1 Å². The van der Waals surface area contributed by atoms with Crippen LogP contribution < -0.4 is 5.32 Å². The predicted octanol–water partition coefficient (Wildman–Crippen LogP) is 0.899. The van der Waals surface area contributed by atoms with Gasteiger partial charge in [0.15, 0.2) is 0 Å². The Hall–Kier alpha value is -1.30. The highest BCUT2D eigenvalue weighted by atomic mass is 16.6. The van der Waals surface area contributed by atoms with Gasteiger partial charge in [-0.15, -0.1) is 0 Å². The average Bonchev–Trinajstić information content (AvgIpc) is 2.83. The molecule has 1 amide bonds. The van der Waals surface area contributed by atoms with E-state index in [4.69, 9.17) is 9.47 Å². The Morgan fingerprint density at radius 2 is 2.00 bits per heavy atom. The van der Waals surface area contributed by atoms with Crippen molar-refractivity contribution in [2.24, 2.45) is 0 Å². The molecule has 3 unspecified atom stereocenters. The minimum Gasteiger partial charge on any atom is -0.468 e. The molecule has 3 atom stereocenters. The van der Waals surface area contributed by atoms with Gasteiger partial charge in [-0.1, -0.05) is 0 Å². The molecule has 19 heavy (non-hydrogen) atoms. The number of ether oxygens (including phenoxy) is 2. The SMILES string of the molecule is COC(=O)C1CC2C(CCN2C(=O)OC(C)(C)C)N1.